The molecule has 0 fully saturated rings. The van der Waals surface area contributed by atoms with Crippen molar-refractivity contribution in [1.29, 1.82) is 0 Å². The van der Waals surface area contributed by atoms with Gasteiger partial charge >= 0.3 is 0 Å². The Morgan fingerprint density at radius 1 is 0.676 bits per heavy atom. The van der Waals surface area contributed by atoms with Gasteiger partial charge in [0, 0.05) is 0 Å². The fraction of sp³-hybridized carbons (Fsp3) is 0.182. The van der Waals surface area contributed by atoms with Crippen LogP contribution in [0.5, 0.6) is 0 Å². The average Bonchev–Trinajstić information content (AvgIpc) is 2.86. The Balaban J connectivity index is 1.67. The van der Waals surface area contributed by atoms with Gasteiger partial charge in [0.25, 0.3) is 0 Å². The lowest BCUT2D eigenvalue weighted by Gasteiger charge is -2.26. The van der Waals surface area contributed by atoms with E-state index >= 15 is 0 Å². The van der Waals surface area contributed by atoms with E-state index in [9.17, 15) is 0 Å². The summed E-state index contributed by atoms with van der Waals surface area (Å²) in [5.41, 5.74) is 8.54. The molecule has 0 saturated carbocycles. The van der Waals surface area contributed by atoms with Crippen LogP contribution in [-0.4, -0.2) is 19.6 Å². The summed E-state index contributed by atoms with van der Waals surface area (Å²) in [4.78, 5) is 0. The summed E-state index contributed by atoms with van der Waals surface area (Å²) in [5, 5.41) is 6.74. The Bertz CT molecular complexity index is 1510. The van der Waals surface area contributed by atoms with E-state index in [-0.39, 0.29) is 0 Å². The van der Waals surface area contributed by atoms with E-state index in [0.717, 1.165) is 6.42 Å². The van der Waals surface area contributed by atoms with Gasteiger partial charge in [-0.2, -0.15) is 0 Å². The number of fused-ring (bicyclic) bond motifs is 2. The molecule has 4 aromatic rings. The van der Waals surface area contributed by atoms with Crippen LogP contribution in [0.3, 0.4) is 0 Å². The highest BCUT2D eigenvalue weighted by Gasteiger charge is 2.23. The van der Waals surface area contributed by atoms with Crippen LogP contribution in [0.25, 0.3) is 38.2 Å². The maximum absolute atomic E-state index is 4.43. The highest BCUT2D eigenvalue weighted by Crippen LogP contribution is 2.46. The third-order valence-electron chi connectivity index (χ3n) is 7.42. The summed E-state index contributed by atoms with van der Waals surface area (Å²) in [6.07, 6.45) is 16.4. The van der Waals surface area contributed by atoms with Gasteiger partial charge in [0.15, 0.2) is 0 Å². The minimum atomic E-state index is -1.29. The third-order valence-corrected chi connectivity index (χ3v) is 9.11. The van der Waals surface area contributed by atoms with Gasteiger partial charge in [-0.15, -0.1) is 0 Å². The monoisotopic (exact) mass is 458 g/mol. The molecule has 4 aromatic carbocycles. The first-order valence-corrected chi connectivity index (χ1v) is 15.2. The fourth-order valence-corrected chi connectivity index (χ4v) is 6.71. The Morgan fingerprint density at radius 2 is 1.24 bits per heavy atom. The highest BCUT2D eigenvalue weighted by atomic mass is 31.2. The molecule has 168 valence electrons. The average molecular weight is 459 g/mol. The van der Waals surface area contributed by atoms with Crippen molar-refractivity contribution >= 4 is 45.6 Å². The summed E-state index contributed by atoms with van der Waals surface area (Å²) in [7, 11) is 0. The quantitative estimate of drug-likeness (QED) is 0.212. The summed E-state index contributed by atoms with van der Waals surface area (Å²) < 4.78 is 0. The summed E-state index contributed by atoms with van der Waals surface area (Å²) in [5.74, 6) is 0. The number of benzene rings is 4. The molecular weight excluding hydrogens is 427 g/mol. The molecular formula is C33H31P. The second-order valence-electron chi connectivity index (χ2n) is 10.2. The predicted octanol–water partition coefficient (Wildman–Crippen LogP) is 8.82. The Hall–Kier alpha value is -3.08. The molecule has 0 N–H and O–H groups in total. The normalized spacial score (nSPS) is 16.1. The molecule has 6 rings (SSSR count). The first kappa shape index (κ1) is 21.5. The lowest BCUT2D eigenvalue weighted by molar-refractivity contribution is 0.834. The first-order chi connectivity index (χ1) is 16.5. The van der Waals surface area contributed by atoms with E-state index in [4.69, 9.17) is 0 Å². The van der Waals surface area contributed by atoms with Gasteiger partial charge in [0.2, 0.25) is 0 Å². The molecule has 0 aromatic heterocycles. The molecule has 1 heteroatoms. The van der Waals surface area contributed by atoms with Crippen LogP contribution in [0.2, 0.25) is 0 Å². The lowest BCUT2D eigenvalue weighted by atomic mass is 9.78. The Kier molecular flexibility index (Phi) is 5.23. The van der Waals surface area contributed by atoms with Gasteiger partial charge in [-0.05, 0) is 93.7 Å². The molecule has 2 aliphatic carbocycles. The van der Waals surface area contributed by atoms with E-state index in [1.807, 2.05) is 0 Å². The fourth-order valence-electron chi connectivity index (χ4n) is 5.75. The second kappa shape index (κ2) is 8.30. The molecule has 0 saturated heterocycles. The van der Waals surface area contributed by atoms with Crippen LogP contribution >= 0.6 is 6.89 Å². The van der Waals surface area contributed by atoms with Crippen molar-refractivity contribution in [3.8, 4) is 11.1 Å². The van der Waals surface area contributed by atoms with Crippen molar-refractivity contribution in [3.05, 3.63) is 108 Å². The molecule has 0 nitrogen and oxygen atoms in total. The standard InChI is InChI=1S/C33H31P/c1-34(2,3)25-21-19-24(20-22-25)32-28-14-6-8-16-30(28)33(31-17-9-7-15-29(31)32)27-18-10-12-23-11-4-5-13-26(23)27/h5-9,13-22H,1,4,10-12H2,2-3H3. The van der Waals surface area contributed by atoms with Crippen LogP contribution in [0.15, 0.2) is 102 Å². The van der Waals surface area contributed by atoms with E-state index < -0.39 is 6.89 Å². The van der Waals surface area contributed by atoms with Crippen LogP contribution in [-0.2, 0) is 0 Å². The van der Waals surface area contributed by atoms with Gasteiger partial charge in [-0.1, -0.05) is 110 Å². The molecule has 0 bridgehead atoms. The van der Waals surface area contributed by atoms with Gasteiger partial charge in [0.05, 0.1) is 0 Å². The largest absolute Gasteiger partial charge is 0.0971 e. The summed E-state index contributed by atoms with van der Waals surface area (Å²) in [6, 6.07) is 27.2. The topological polar surface area (TPSA) is 0 Å². The van der Waals surface area contributed by atoms with Gasteiger partial charge in [-0.25, -0.2) is 0 Å². The van der Waals surface area contributed by atoms with Gasteiger partial charge in [-0.3, -0.25) is 0 Å². The zero-order valence-electron chi connectivity index (χ0n) is 20.1. The van der Waals surface area contributed by atoms with Crippen molar-refractivity contribution in [2.24, 2.45) is 0 Å². The second-order valence-corrected chi connectivity index (χ2v) is 14.1. The zero-order chi connectivity index (χ0) is 23.3. The molecule has 0 aliphatic heterocycles. The molecule has 0 spiro atoms. The minimum absolute atomic E-state index is 1.14. The van der Waals surface area contributed by atoms with Crippen molar-refractivity contribution in [2.75, 3.05) is 13.3 Å². The van der Waals surface area contributed by atoms with Crippen LogP contribution in [0.1, 0.15) is 31.2 Å². The lowest BCUT2D eigenvalue weighted by Crippen LogP contribution is -2.04. The van der Waals surface area contributed by atoms with Crippen LogP contribution in [0.4, 0.5) is 0 Å². The molecule has 34 heavy (non-hydrogen) atoms. The Morgan fingerprint density at radius 3 is 1.82 bits per heavy atom. The number of allylic oxidation sites excluding steroid dienone is 6. The van der Waals surface area contributed by atoms with Crippen molar-refractivity contribution in [1.82, 2.24) is 0 Å². The SMILES string of the molecule is C=P(C)(C)c1ccc(-c2c3ccccc3c(C3=CCCC4=C3C=CCC4)c3ccccc23)cc1. The van der Waals surface area contributed by atoms with Crippen molar-refractivity contribution in [3.63, 3.8) is 0 Å². The van der Waals surface area contributed by atoms with E-state index in [1.165, 1.54) is 73.9 Å². The molecule has 0 heterocycles. The zero-order valence-corrected chi connectivity index (χ0v) is 21.0. The molecule has 0 unspecified atom stereocenters. The van der Waals surface area contributed by atoms with Crippen molar-refractivity contribution in [2.45, 2.75) is 25.7 Å². The van der Waals surface area contributed by atoms with E-state index in [0.29, 0.717) is 0 Å². The highest BCUT2D eigenvalue weighted by molar-refractivity contribution is 7.79. The maximum Gasteiger partial charge on any atom is -0.00236 e. The molecule has 0 amide bonds. The Labute approximate surface area is 203 Å². The predicted molar refractivity (Wildman–Crippen MR) is 155 cm³/mol. The first-order valence-electron chi connectivity index (χ1n) is 12.3. The van der Waals surface area contributed by atoms with Crippen LogP contribution in [0, 0.1) is 0 Å². The molecule has 2 aliphatic rings. The van der Waals surface area contributed by atoms with Gasteiger partial charge in [0.1, 0.15) is 0 Å². The smallest absolute Gasteiger partial charge is 0.00236 e. The number of hydrogen-bond donors (Lipinski definition) is 0. The minimum Gasteiger partial charge on any atom is -0.0971 e. The van der Waals surface area contributed by atoms with Crippen molar-refractivity contribution < 1.29 is 0 Å². The molecule has 0 atom stereocenters. The molecule has 0 radical (unpaired) electrons. The summed E-state index contributed by atoms with van der Waals surface area (Å²) >= 11 is 0. The number of rotatable bonds is 3. The maximum atomic E-state index is 4.43. The van der Waals surface area contributed by atoms with Gasteiger partial charge < -0.3 is 0 Å². The third kappa shape index (κ3) is 3.53. The van der Waals surface area contributed by atoms with E-state index in [1.54, 1.807) is 5.57 Å². The summed E-state index contributed by atoms with van der Waals surface area (Å²) in [6.45, 7) is 3.27. The van der Waals surface area contributed by atoms with Crippen LogP contribution < -0.4 is 5.30 Å². The number of hydrogen-bond acceptors (Lipinski definition) is 0. The van der Waals surface area contributed by atoms with E-state index in [2.05, 4.69) is 111 Å².